The van der Waals surface area contributed by atoms with E-state index in [1.807, 2.05) is 6.08 Å². The van der Waals surface area contributed by atoms with Gasteiger partial charge in [0.1, 0.15) is 73.2 Å². The highest BCUT2D eigenvalue weighted by Gasteiger charge is 2.54. The molecule has 11 N–H and O–H groups in total. The van der Waals surface area contributed by atoms with Crippen LogP contribution in [0.15, 0.2) is 12.7 Å². The van der Waals surface area contributed by atoms with Gasteiger partial charge in [-0.2, -0.15) is 0 Å². The molecule has 0 aliphatic carbocycles. The first-order valence-electron chi connectivity index (χ1n) is 15.9. The molecule has 0 amide bonds. The number of allylic oxidation sites excluding steroid dienone is 1. The first-order chi connectivity index (χ1) is 22.8. The van der Waals surface area contributed by atoms with Crippen LogP contribution in [0, 0.1) is 0 Å². The number of hydrogen-bond donors (Lipinski definition) is 11. The lowest BCUT2D eigenvalue weighted by Gasteiger charge is -2.48. The molecule has 3 aliphatic heterocycles. The molecule has 0 spiro atoms. The Bertz CT molecular complexity index is 990. The molecule has 16 atom stereocenters. The highest BCUT2D eigenvalue weighted by atomic mass is 31.2. The first-order valence-corrected chi connectivity index (χ1v) is 17.4. The first kappa shape index (κ1) is 41.7. The van der Waals surface area contributed by atoms with Crippen LogP contribution in [0.4, 0.5) is 0 Å². The fourth-order valence-corrected chi connectivity index (χ4v) is 6.42. The van der Waals surface area contributed by atoms with Crippen LogP contribution in [0.3, 0.4) is 0 Å². The van der Waals surface area contributed by atoms with Gasteiger partial charge in [-0.05, 0) is 19.3 Å². The topological polar surface area (TPSA) is 304 Å². The predicted molar refractivity (Wildman–Crippen MR) is 158 cm³/mol. The molecule has 0 radical (unpaired) electrons. The minimum atomic E-state index is -4.81. The third kappa shape index (κ3) is 10.9. The summed E-state index contributed by atoms with van der Waals surface area (Å²) in [4.78, 5) is 10.2. The number of rotatable bonds is 19. The normalized spacial score (nSPS) is 41.9. The Morgan fingerprint density at radius 1 is 0.583 bits per heavy atom. The SMILES string of the molecule is C=CCCCCCCCCOP(=O)(O)O[C@H]1O[C@H](CO)[C@@H](O[C@@H]2O[C@H](CO)[C@H](O)[C@H](O[C@@H]3O[C@H](CO)[C@H](O)[C@H](O)[C@H]3O)[C@H]2O)[C@H](O)[C@@H]1O. The zero-order valence-electron chi connectivity index (χ0n) is 26.4. The third-order valence-electron chi connectivity index (χ3n) is 8.37. The van der Waals surface area contributed by atoms with Gasteiger partial charge in [-0.15, -0.1) is 6.58 Å². The maximum atomic E-state index is 12.5. The number of phosphoric ester groups is 1. The monoisotopic (exact) mass is 722 g/mol. The van der Waals surface area contributed by atoms with E-state index in [-0.39, 0.29) is 6.61 Å². The molecule has 0 saturated carbocycles. The van der Waals surface area contributed by atoms with Gasteiger partial charge in [0.05, 0.1) is 26.4 Å². The van der Waals surface area contributed by atoms with E-state index in [0.29, 0.717) is 6.42 Å². The molecule has 1 unspecified atom stereocenters. The van der Waals surface area contributed by atoms with Crippen LogP contribution in [-0.4, -0.2) is 175 Å². The van der Waals surface area contributed by atoms with Crippen LogP contribution in [0.25, 0.3) is 0 Å². The molecule has 3 heterocycles. The molecule has 3 aliphatic rings. The summed E-state index contributed by atoms with van der Waals surface area (Å²) in [6, 6.07) is 0. The van der Waals surface area contributed by atoms with Gasteiger partial charge < -0.3 is 79.6 Å². The molecule has 3 rings (SSSR count). The smallest absolute Gasteiger partial charge is 0.394 e. The van der Waals surface area contributed by atoms with E-state index in [1.165, 1.54) is 0 Å². The molecule has 19 nitrogen and oxygen atoms in total. The number of phosphoric acid groups is 1. The van der Waals surface area contributed by atoms with E-state index < -0.39 is 120 Å². The molecule has 0 bridgehead atoms. The lowest BCUT2D eigenvalue weighted by molar-refractivity contribution is -0.378. The number of aliphatic hydroxyl groups is 10. The van der Waals surface area contributed by atoms with Crippen molar-refractivity contribution in [3.63, 3.8) is 0 Å². The van der Waals surface area contributed by atoms with Crippen LogP contribution in [0.1, 0.15) is 44.9 Å². The zero-order valence-corrected chi connectivity index (χ0v) is 27.2. The van der Waals surface area contributed by atoms with E-state index in [9.17, 15) is 60.5 Å². The Morgan fingerprint density at radius 2 is 1.08 bits per heavy atom. The van der Waals surface area contributed by atoms with E-state index >= 15 is 0 Å². The maximum Gasteiger partial charge on any atom is 0.474 e. The number of hydrogen-bond acceptors (Lipinski definition) is 18. The Morgan fingerprint density at radius 3 is 1.69 bits per heavy atom. The largest absolute Gasteiger partial charge is 0.474 e. The molecule has 48 heavy (non-hydrogen) atoms. The van der Waals surface area contributed by atoms with Crippen LogP contribution in [-0.2, 0) is 37.3 Å². The van der Waals surface area contributed by atoms with Gasteiger partial charge in [0.25, 0.3) is 0 Å². The van der Waals surface area contributed by atoms with Gasteiger partial charge in [0, 0.05) is 0 Å². The zero-order chi connectivity index (χ0) is 35.6. The molecule has 3 saturated heterocycles. The predicted octanol–water partition coefficient (Wildman–Crippen LogP) is -3.51. The van der Waals surface area contributed by atoms with Crippen LogP contribution < -0.4 is 0 Å². The Kier molecular flexibility index (Phi) is 17.1. The van der Waals surface area contributed by atoms with Crippen molar-refractivity contribution >= 4 is 7.82 Å². The molecule has 0 aromatic heterocycles. The van der Waals surface area contributed by atoms with Crippen LogP contribution in [0.2, 0.25) is 0 Å². The maximum absolute atomic E-state index is 12.5. The number of aliphatic hydroxyl groups excluding tert-OH is 10. The van der Waals surface area contributed by atoms with Crippen molar-refractivity contribution in [3.8, 4) is 0 Å². The fraction of sp³-hybridized carbons (Fsp3) is 0.929. The van der Waals surface area contributed by atoms with E-state index in [1.54, 1.807) is 0 Å². The van der Waals surface area contributed by atoms with Gasteiger partial charge >= 0.3 is 7.82 Å². The summed E-state index contributed by atoms with van der Waals surface area (Å²) in [5.41, 5.74) is 0. The minimum absolute atomic E-state index is 0.137. The minimum Gasteiger partial charge on any atom is -0.394 e. The standard InChI is InChI=1S/C28H51O19P/c1-2-3-4-5-6-7-8-9-10-41-48(39,40)47-28-22(37)20(35)24(16(13-31)44-28)45-27-23(38)25(18(33)15(12-30)43-27)46-26-21(36)19(34)17(32)14(11-29)42-26/h2,14-38H,1,3-13H2,(H,39,40)/t14-,15-,16-,17+,18+,19+,20-,21-,22+,23-,24-,25+,26+,27+,28-/m1/s1. The van der Waals surface area contributed by atoms with Gasteiger partial charge in [-0.25, -0.2) is 4.57 Å². The van der Waals surface area contributed by atoms with Crippen LogP contribution >= 0.6 is 7.82 Å². The van der Waals surface area contributed by atoms with Gasteiger partial charge in [-0.3, -0.25) is 9.05 Å². The summed E-state index contributed by atoms with van der Waals surface area (Å²) < 4.78 is 49.6. The molecule has 3 fully saturated rings. The second kappa shape index (κ2) is 19.7. The summed E-state index contributed by atoms with van der Waals surface area (Å²) in [6.07, 6.45) is -19.0. The van der Waals surface area contributed by atoms with Gasteiger partial charge in [0.2, 0.25) is 0 Å². The molecule has 0 aromatic carbocycles. The lowest BCUT2D eigenvalue weighted by atomic mass is 9.96. The quantitative estimate of drug-likeness (QED) is 0.0350. The molecule has 282 valence electrons. The number of ether oxygens (including phenoxy) is 5. The lowest BCUT2D eigenvalue weighted by Crippen LogP contribution is -2.66. The Balaban J connectivity index is 1.60. The van der Waals surface area contributed by atoms with Crippen molar-refractivity contribution in [3.05, 3.63) is 12.7 Å². The second-order valence-electron chi connectivity index (χ2n) is 11.9. The summed E-state index contributed by atoms with van der Waals surface area (Å²) in [6.45, 7) is 0.971. The van der Waals surface area contributed by atoms with Gasteiger partial charge in [-0.1, -0.05) is 31.8 Å². The summed E-state index contributed by atoms with van der Waals surface area (Å²) >= 11 is 0. The second-order valence-corrected chi connectivity index (χ2v) is 13.3. The van der Waals surface area contributed by atoms with Gasteiger partial charge in [0.15, 0.2) is 18.9 Å². The molecule has 20 heteroatoms. The van der Waals surface area contributed by atoms with E-state index in [4.69, 9.17) is 32.7 Å². The average Bonchev–Trinajstić information content (AvgIpc) is 3.06. The highest BCUT2D eigenvalue weighted by Crippen LogP contribution is 2.47. The van der Waals surface area contributed by atoms with Crippen molar-refractivity contribution in [2.75, 3.05) is 26.4 Å². The van der Waals surface area contributed by atoms with Crippen molar-refractivity contribution in [2.24, 2.45) is 0 Å². The molecule has 0 aromatic rings. The molecular weight excluding hydrogens is 671 g/mol. The van der Waals surface area contributed by atoms with Crippen LogP contribution in [0.5, 0.6) is 0 Å². The summed E-state index contributed by atoms with van der Waals surface area (Å²) in [5, 5.41) is 103. The third-order valence-corrected chi connectivity index (χ3v) is 9.35. The Hall–Kier alpha value is -0.750. The average molecular weight is 723 g/mol. The number of unbranched alkanes of at least 4 members (excludes halogenated alkanes) is 6. The van der Waals surface area contributed by atoms with Crippen molar-refractivity contribution in [2.45, 2.75) is 137 Å². The summed E-state index contributed by atoms with van der Waals surface area (Å²) in [7, 11) is -4.81. The molecular formula is C28H51O19P. The van der Waals surface area contributed by atoms with Crippen molar-refractivity contribution < 1.29 is 93.3 Å². The van der Waals surface area contributed by atoms with Crippen molar-refractivity contribution in [1.29, 1.82) is 0 Å². The Labute approximate surface area is 277 Å². The summed E-state index contributed by atoms with van der Waals surface area (Å²) in [5.74, 6) is 0. The fourth-order valence-electron chi connectivity index (χ4n) is 5.56. The van der Waals surface area contributed by atoms with E-state index in [2.05, 4.69) is 6.58 Å². The highest BCUT2D eigenvalue weighted by molar-refractivity contribution is 7.47. The van der Waals surface area contributed by atoms with Crippen molar-refractivity contribution in [1.82, 2.24) is 0 Å². The van der Waals surface area contributed by atoms with E-state index in [0.717, 1.165) is 38.5 Å².